The molecule has 2 bridgehead atoms. The van der Waals surface area contributed by atoms with E-state index in [1.165, 1.54) is 48.2 Å². The quantitative estimate of drug-likeness (QED) is 0.549. The number of nitrogens with zero attached hydrogens (tertiary/aromatic N) is 3. The van der Waals surface area contributed by atoms with Crippen LogP contribution in [-0.2, 0) is 25.7 Å². The second kappa shape index (κ2) is 9.26. The second-order valence-corrected chi connectivity index (χ2v) is 8.81. The lowest BCUT2D eigenvalue weighted by Crippen LogP contribution is -2.48. The second-order valence-electron chi connectivity index (χ2n) is 8.81. The van der Waals surface area contributed by atoms with Crippen LogP contribution in [0.5, 0.6) is 0 Å². The zero-order valence-corrected chi connectivity index (χ0v) is 18.9. The molecule has 4 aliphatic rings. The SMILES string of the molecule is CN(C)C(=O)C(=O)NC1CC2CCC1=C1N(O)C(C(=O)NCc3ccc(F)cc3)=CC(=O)N1C2. The molecule has 0 aromatic heterocycles. The molecule has 34 heavy (non-hydrogen) atoms. The number of hydroxylamine groups is 2. The summed E-state index contributed by atoms with van der Waals surface area (Å²) < 4.78 is 13.1. The first kappa shape index (κ1) is 23.4. The molecule has 2 atom stereocenters. The number of carbonyl (C=O) groups is 4. The summed E-state index contributed by atoms with van der Waals surface area (Å²) >= 11 is 0. The summed E-state index contributed by atoms with van der Waals surface area (Å²) in [4.78, 5) is 52.7. The average Bonchev–Trinajstić information content (AvgIpc) is 3.09. The molecule has 1 aromatic rings. The Bertz CT molecular complexity index is 1100. The van der Waals surface area contributed by atoms with Gasteiger partial charge in [0.05, 0.1) is 6.04 Å². The predicted octanol–water partition coefficient (Wildman–Crippen LogP) is 0.458. The van der Waals surface area contributed by atoms with E-state index < -0.39 is 35.5 Å². The molecule has 3 aliphatic heterocycles. The average molecular weight is 471 g/mol. The number of likely N-dealkylation sites (N-methyl/N-ethyl adjacent to an activating group) is 1. The lowest BCUT2D eigenvalue weighted by Gasteiger charge is -2.35. The molecular formula is C23H26FN5O5. The summed E-state index contributed by atoms with van der Waals surface area (Å²) in [5.41, 5.74) is 0.971. The van der Waals surface area contributed by atoms with Gasteiger partial charge >= 0.3 is 11.8 Å². The van der Waals surface area contributed by atoms with Crippen LogP contribution in [0.4, 0.5) is 4.39 Å². The molecule has 1 aromatic carbocycles. The van der Waals surface area contributed by atoms with Crippen LogP contribution in [0.2, 0.25) is 0 Å². The van der Waals surface area contributed by atoms with E-state index in [9.17, 15) is 28.8 Å². The molecular weight excluding hydrogens is 445 g/mol. The van der Waals surface area contributed by atoms with Gasteiger partial charge in [0.1, 0.15) is 17.3 Å². The van der Waals surface area contributed by atoms with Gasteiger partial charge in [-0.3, -0.25) is 29.3 Å². The molecule has 0 saturated heterocycles. The number of hydrogen-bond donors (Lipinski definition) is 3. The predicted molar refractivity (Wildman–Crippen MR) is 117 cm³/mol. The first-order valence-electron chi connectivity index (χ1n) is 11.0. The Morgan fingerprint density at radius 3 is 2.59 bits per heavy atom. The van der Waals surface area contributed by atoms with Crippen molar-refractivity contribution in [1.82, 2.24) is 25.5 Å². The topological polar surface area (TPSA) is 122 Å². The zero-order chi connectivity index (χ0) is 24.6. The van der Waals surface area contributed by atoms with Crippen molar-refractivity contribution in [1.29, 1.82) is 0 Å². The highest BCUT2D eigenvalue weighted by atomic mass is 19.1. The van der Waals surface area contributed by atoms with Crippen LogP contribution in [-0.4, -0.2) is 70.4 Å². The van der Waals surface area contributed by atoms with Crippen LogP contribution in [0.15, 0.2) is 47.4 Å². The van der Waals surface area contributed by atoms with Crippen molar-refractivity contribution in [2.75, 3.05) is 20.6 Å². The Morgan fingerprint density at radius 1 is 1.21 bits per heavy atom. The minimum absolute atomic E-state index is 0.0561. The van der Waals surface area contributed by atoms with Crippen LogP contribution >= 0.6 is 0 Å². The number of fused-ring (bicyclic) bond motifs is 2. The van der Waals surface area contributed by atoms with Crippen molar-refractivity contribution in [3.05, 3.63) is 58.8 Å². The molecule has 1 fully saturated rings. The number of hydrogen-bond acceptors (Lipinski definition) is 6. The molecule has 2 unspecified atom stereocenters. The van der Waals surface area contributed by atoms with Crippen molar-refractivity contribution >= 4 is 23.6 Å². The van der Waals surface area contributed by atoms with E-state index in [4.69, 9.17) is 0 Å². The van der Waals surface area contributed by atoms with Gasteiger partial charge in [-0.05, 0) is 48.4 Å². The van der Waals surface area contributed by atoms with Gasteiger partial charge in [-0.2, -0.15) is 0 Å². The Kier molecular flexibility index (Phi) is 6.38. The van der Waals surface area contributed by atoms with E-state index in [1.54, 1.807) is 0 Å². The third-order valence-electron chi connectivity index (χ3n) is 6.25. The van der Waals surface area contributed by atoms with Gasteiger partial charge in [0.15, 0.2) is 0 Å². The van der Waals surface area contributed by atoms with Gasteiger partial charge < -0.3 is 15.5 Å². The van der Waals surface area contributed by atoms with Crippen LogP contribution in [0.25, 0.3) is 0 Å². The van der Waals surface area contributed by atoms with Crippen molar-refractivity contribution in [2.24, 2.45) is 5.92 Å². The number of benzene rings is 1. The van der Waals surface area contributed by atoms with E-state index in [0.29, 0.717) is 35.6 Å². The minimum Gasteiger partial charge on any atom is -0.347 e. The zero-order valence-electron chi connectivity index (χ0n) is 18.9. The fraction of sp³-hybridized carbons (Fsp3) is 0.391. The number of carbonyl (C=O) groups excluding carboxylic acids is 4. The summed E-state index contributed by atoms with van der Waals surface area (Å²) in [6, 6.07) is 5.02. The van der Waals surface area contributed by atoms with Crippen LogP contribution in [0, 0.1) is 11.7 Å². The Hall–Kier alpha value is -3.73. The molecule has 5 rings (SSSR count). The molecule has 180 valence electrons. The molecule has 3 N–H and O–H groups in total. The largest absolute Gasteiger partial charge is 0.347 e. The number of halogens is 1. The highest BCUT2D eigenvalue weighted by molar-refractivity contribution is 6.35. The highest BCUT2D eigenvalue weighted by Gasteiger charge is 2.43. The lowest BCUT2D eigenvalue weighted by molar-refractivity contribution is -0.144. The number of rotatable bonds is 4. The molecule has 1 saturated carbocycles. The molecule has 3 heterocycles. The van der Waals surface area contributed by atoms with E-state index >= 15 is 0 Å². The van der Waals surface area contributed by atoms with Crippen molar-refractivity contribution in [2.45, 2.75) is 31.8 Å². The van der Waals surface area contributed by atoms with Gasteiger partial charge in [0.2, 0.25) is 0 Å². The molecule has 0 spiro atoms. The Morgan fingerprint density at radius 2 is 1.91 bits per heavy atom. The fourth-order valence-corrected chi connectivity index (χ4v) is 4.50. The molecule has 4 amide bonds. The maximum Gasteiger partial charge on any atom is 0.311 e. The third-order valence-corrected chi connectivity index (χ3v) is 6.25. The summed E-state index contributed by atoms with van der Waals surface area (Å²) in [7, 11) is 2.95. The van der Waals surface area contributed by atoms with Crippen LogP contribution < -0.4 is 10.6 Å². The summed E-state index contributed by atoms with van der Waals surface area (Å²) in [5, 5.41) is 17.0. The molecule has 1 aliphatic carbocycles. The normalized spacial score (nSPS) is 21.5. The molecule has 10 nitrogen and oxygen atoms in total. The van der Waals surface area contributed by atoms with Crippen LogP contribution in [0.3, 0.4) is 0 Å². The van der Waals surface area contributed by atoms with Crippen molar-refractivity contribution < 1.29 is 28.8 Å². The smallest absolute Gasteiger partial charge is 0.311 e. The van der Waals surface area contributed by atoms with Gasteiger partial charge in [-0.15, -0.1) is 0 Å². The van der Waals surface area contributed by atoms with Crippen molar-refractivity contribution in [3.8, 4) is 0 Å². The highest BCUT2D eigenvalue weighted by Crippen LogP contribution is 2.40. The Balaban J connectivity index is 1.58. The van der Waals surface area contributed by atoms with E-state index in [0.717, 1.165) is 12.5 Å². The van der Waals surface area contributed by atoms with Crippen molar-refractivity contribution in [3.63, 3.8) is 0 Å². The van der Waals surface area contributed by atoms with Crippen LogP contribution in [0.1, 0.15) is 24.8 Å². The molecule has 11 heteroatoms. The number of nitrogens with one attached hydrogen (secondary N) is 2. The molecule has 0 radical (unpaired) electrons. The van der Waals surface area contributed by atoms with E-state index in [1.807, 2.05) is 0 Å². The lowest BCUT2D eigenvalue weighted by atomic mass is 9.83. The van der Waals surface area contributed by atoms with Gasteiger partial charge in [0, 0.05) is 33.3 Å². The summed E-state index contributed by atoms with van der Waals surface area (Å²) in [5.74, 6) is -2.82. The standard InChI is InChI=1S/C23H26FN5O5/c1-27(2)23(33)21(32)26-17-9-14-5-8-16(17)22-28(12-14)19(30)10-18(29(22)34)20(31)25-11-13-3-6-15(24)7-4-13/h3-4,6-7,10,14,17,34H,5,8-9,11-12H2,1-2H3,(H,25,31)(H,26,32). The van der Waals surface area contributed by atoms with Gasteiger partial charge in [-0.25, -0.2) is 9.45 Å². The summed E-state index contributed by atoms with van der Waals surface area (Å²) in [6.45, 7) is 0.394. The Labute approximate surface area is 195 Å². The third kappa shape index (κ3) is 4.51. The van der Waals surface area contributed by atoms with E-state index in [-0.39, 0.29) is 24.0 Å². The van der Waals surface area contributed by atoms with Gasteiger partial charge in [0.25, 0.3) is 11.8 Å². The van der Waals surface area contributed by atoms with Gasteiger partial charge in [-0.1, -0.05) is 12.1 Å². The first-order chi connectivity index (χ1) is 16.2. The monoisotopic (exact) mass is 471 g/mol. The minimum atomic E-state index is -0.776. The summed E-state index contributed by atoms with van der Waals surface area (Å²) in [6.07, 6.45) is 2.82. The maximum atomic E-state index is 13.1. The van der Waals surface area contributed by atoms with E-state index in [2.05, 4.69) is 10.6 Å². The number of amides is 4. The fourth-order valence-electron chi connectivity index (χ4n) is 4.50. The first-order valence-corrected chi connectivity index (χ1v) is 11.0. The maximum absolute atomic E-state index is 13.1.